The highest BCUT2D eigenvalue weighted by atomic mass is 16.1. The summed E-state index contributed by atoms with van der Waals surface area (Å²) in [5.74, 6) is 1.82. The third kappa shape index (κ3) is 3.74. The molecule has 1 aromatic carbocycles. The molecule has 1 aliphatic rings. The van der Waals surface area contributed by atoms with Gasteiger partial charge in [-0.1, -0.05) is 63.9 Å². The van der Waals surface area contributed by atoms with Crippen molar-refractivity contribution < 1.29 is 4.79 Å². The molecule has 0 radical (unpaired) electrons. The van der Waals surface area contributed by atoms with Crippen LogP contribution in [0, 0.1) is 17.8 Å². The first-order chi connectivity index (χ1) is 10.2. The molecule has 2 heteroatoms. The molecule has 0 spiro atoms. The summed E-state index contributed by atoms with van der Waals surface area (Å²) in [6.45, 7) is 7.74. The molecule has 1 N–H and O–H groups in total. The number of benzene rings is 1. The number of hydrogen-bond donors (Lipinski definition) is 1. The van der Waals surface area contributed by atoms with Gasteiger partial charge in [-0.25, -0.2) is 0 Å². The number of rotatable bonds is 6. The van der Waals surface area contributed by atoms with Crippen molar-refractivity contribution in [3.8, 4) is 0 Å². The zero-order valence-electron chi connectivity index (χ0n) is 13.6. The van der Waals surface area contributed by atoms with Crippen molar-refractivity contribution in [2.24, 2.45) is 17.8 Å². The number of carbonyl (C=O) groups is 1. The van der Waals surface area contributed by atoms with Crippen LogP contribution in [-0.4, -0.2) is 18.4 Å². The topological polar surface area (TPSA) is 29.1 Å². The molecule has 1 saturated heterocycles. The first-order valence-electron chi connectivity index (χ1n) is 8.53. The maximum absolute atomic E-state index is 12.8. The summed E-state index contributed by atoms with van der Waals surface area (Å²) in [5, 5.41) is 3.70. The maximum Gasteiger partial charge on any atom is 0.167 e. The molecule has 0 aliphatic carbocycles. The van der Waals surface area contributed by atoms with Gasteiger partial charge in [0.25, 0.3) is 0 Å². The van der Waals surface area contributed by atoms with Crippen LogP contribution in [-0.2, 0) is 0 Å². The van der Waals surface area contributed by atoms with Gasteiger partial charge in [0.2, 0.25) is 0 Å². The fourth-order valence-corrected chi connectivity index (χ4v) is 3.75. The Morgan fingerprint density at radius 2 is 1.90 bits per heavy atom. The van der Waals surface area contributed by atoms with Gasteiger partial charge in [-0.3, -0.25) is 4.79 Å². The van der Waals surface area contributed by atoms with Gasteiger partial charge < -0.3 is 5.32 Å². The number of piperidine rings is 1. The number of ketones is 1. The highest BCUT2D eigenvalue weighted by molar-refractivity contribution is 5.98. The molecule has 4 unspecified atom stereocenters. The van der Waals surface area contributed by atoms with E-state index >= 15 is 0 Å². The molecule has 21 heavy (non-hydrogen) atoms. The smallest absolute Gasteiger partial charge is 0.167 e. The lowest BCUT2D eigenvalue weighted by Crippen LogP contribution is -2.51. The summed E-state index contributed by atoms with van der Waals surface area (Å²) in [4.78, 5) is 12.8. The monoisotopic (exact) mass is 287 g/mol. The van der Waals surface area contributed by atoms with Crippen LogP contribution in [0.5, 0.6) is 0 Å². The van der Waals surface area contributed by atoms with Crippen molar-refractivity contribution >= 4 is 5.78 Å². The SMILES string of the molecule is CCC1CNC(C(CC)C(=O)c2ccccc2)C(CC)C1. The normalized spacial score (nSPS) is 27.3. The van der Waals surface area contributed by atoms with E-state index in [-0.39, 0.29) is 5.92 Å². The highest BCUT2D eigenvalue weighted by Gasteiger charge is 2.36. The fraction of sp³-hybridized carbons (Fsp3) is 0.632. The lowest BCUT2D eigenvalue weighted by atomic mass is 9.74. The standard InChI is InChI=1S/C19H29NO/c1-4-14-12-15(5-2)18(20-13-14)17(6-3)19(21)16-10-8-7-9-11-16/h7-11,14-15,17-18,20H,4-6,12-13H2,1-3H3. The van der Waals surface area contributed by atoms with Gasteiger partial charge in [0.15, 0.2) is 5.78 Å². The van der Waals surface area contributed by atoms with E-state index in [2.05, 4.69) is 26.1 Å². The Labute approximate surface area is 129 Å². The van der Waals surface area contributed by atoms with Gasteiger partial charge in [0, 0.05) is 17.5 Å². The van der Waals surface area contributed by atoms with Crippen molar-refractivity contribution in [1.82, 2.24) is 5.32 Å². The van der Waals surface area contributed by atoms with E-state index in [0.29, 0.717) is 17.7 Å². The van der Waals surface area contributed by atoms with Gasteiger partial charge in [-0.15, -0.1) is 0 Å². The Kier molecular flexibility index (Phi) is 5.98. The molecule has 4 atom stereocenters. The summed E-state index contributed by atoms with van der Waals surface area (Å²) < 4.78 is 0. The average molecular weight is 287 g/mol. The van der Waals surface area contributed by atoms with E-state index in [9.17, 15) is 4.79 Å². The van der Waals surface area contributed by atoms with Crippen molar-refractivity contribution in [1.29, 1.82) is 0 Å². The predicted octanol–water partition coefficient (Wildman–Crippen LogP) is 4.31. The van der Waals surface area contributed by atoms with Crippen molar-refractivity contribution in [3.63, 3.8) is 0 Å². The molecule has 2 rings (SSSR count). The number of hydrogen-bond acceptors (Lipinski definition) is 2. The number of nitrogens with one attached hydrogen (secondary N) is 1. The second kappa shape index (κ2) is 7.74. The molecule has 1 aliphatic heterocycles. The molecular formula is C19H29NO. The molecule has 0 amide bonds. The van der Waals surface area contributed by atoms with Gasteiger partial charge in [0.1, 0.15) is 0 Å². The van der Waals surface area contributed by atoms with Crippen LogP contribution in [0.4, 0.5) is 0 Å². The summed E-state index contributed by atoms with van der Waals surface area (Å²) in [5.41, 5.74) is 0.860. The van der Waals surface area contributed by atoms with E-state index in [1.54, 1.807) is 0 Å². The molecule has 1 aromatic rings. The van der Waals surface area contributed by atoms with E-state index in [4.69, 9.17) is 0 Å². The Balaban J connectivity index is 2.14. The summed E-state index contributed by atoms with van der Waals surface area (Å²) in [7, 11) is 0. The van der Waals surface area contributed by atoms with E-state index < -0.39 is 0 Å². The van der Waals surface area contributed by atoms with Crippen molar-refractivity contribution in [2.45, 2.75) is 52.5 Å². The number of Topliss-reactive ketones (excluding diaryl/α,β-unsaturated/α-hetero) is 1. The van der Waals surface area contributed by atoms with Crippen LogP contribution in [0.15, 0.2) is 30.3 Å². The zero-order valence-corrected chi connectivity index (χ0v) is 13.6. The fourth-order valence-electron chi connectivity index (χ4n) is 3.75. The zero-order chi connectivity index (χ0) is 15.2. The highest BCUT2D eigenvalue weighted by Crippen LogP contribution is 2.32. The third-order valence-electron chi connectivity index (χ3n) is 5.16. The first kappa shape index (κ1) is 16.2. The van der Waals surface area contributed by atoms with Crippen LogP contribution < -0.4 is 5.32 Å². The summed E-state index contributed by atoms with van der Waals surface area (Å²) in [6.07, 6.45) is 4.58. The molecule has 116 valence electrons. The predicted molar refractivity (Wildman–Crippen MR) is 88.5 cm³/mol. The first-order valence-corrected chi connectivity index (χ1v) is 8.53. The van der Waals surface area contributed by atoms with Crippen LogP contribution in [0.3, 0.4) is 0 Å². The molecule has 1 heterocycles. The maximum atomic E-state index is 12.8. The average Bonchev–Trinajstić information content (AvgIpc) is 2.56. The lowest BCUT2D eigenvalue weighted by molar-refractivity contribution is 0.0800. The van der Waals surface area contributed by atoms with Gasteiger partial charge in [0.05, 0.1) is 0 Å². The van der Waals surface area contributed by atoms with Crippen LogP contribution in [0.1, 0.15) is 56.8 Å². The molecular weight excluding hydrogens is 258 g/mol. The van der Waals surface area contributed by atoms with E-state index in [1.165, 1.54) is 12.8 Å². The summed E-state index contributed by atoms with van der Waals surface area (Å²) in [6, 6.07) is 10.1. The quantitative estimate of drug-likeness (QED) is 0.790. The lowest BCUT2D eigenvalue weighted by Gasteiger charge is -2.40. The largest absolute Gasteiger partial charge is 0.313 e. The second-order valence-corrected chi connectivity index (χ2v) is 6.36. The van der Waals surface area contributed by atoms with Crippen LogP contribution >= 0.6 is 0 Å². The van der Waals surface area contributed by atoms with Gasteiger partial charge in [-0.05, 0) is 31.2 Å². The molecule has 0 bridgehead atoms. The minimum atomic E-state index is 0.107. The Bertz CT molecular complexity index is 442. The molecule has 2 nitrogen and oxygen atoms in total. The third-order valence-corrected chi connectivity index (χ3v) is 5.16. The van der Waals surface area contributed by atoms with E-state index in [0.717, 1.165) is 30.9 Å². The Morgan fingerprint density at radius 1 is 1.19 bits per heavy atom. The molecule has 0 saturated carbocycles. The van der Waals surface area contributed by atoms with Crippen LogP contribution in [0.2, 0.25) is 0 Å². The van der Waals surface area contributed by atoms with Crippen molar-refractivity contribution in [3.05, 3.63) is 35.9 Å². The number of carbonyl (C=O) groups excluding carboxylic acids is 1. The van der Waals surface area contributed by atoms with E-state index in [1.807, 2.05) is 30.3 Å². The Morgan fingerprint density at radius 3 is 2.48 bits per heavy atom. The second-order valence-electron chi connectivity index (χ2n) is 6.36. The van der Waals surface area contributed by atoms with Crippen LogP contribution in [0.25, 0.3) is 0 Å². The molecule has 1 fully saturated rings. The van der Waals surface area contributed by atoms with Gasteiger partial charge >= 0.3 is 0 Å². The molecule has 0 aromatic heterocycles. The van der Waals surface area contributed by atoms with Gasteiger partial charge in [-0.2, -0.15) is 0 Å². The Hall–Kier alpha value is -1.15. The minimum absolute atomic E-state index is 0.107. The van der Waals surface area contributed by atoms with Crippen molar-refractivity contribution in [2.75, 3.05) is 6.54 Å². The minimum Gasteiger partial charge on any atom is -0.313 e. The summed E-state index contributed by atoms with van der Waals surface area (Å²) >= 11 is 0.